The van der Waals surface area contributed by atoms with Gasteiger partial charge in [0.2, 0.25) is 11.9 Å². The van der Waals surface area contributed by atoms with Gasteiger partial charge in [-0.3, -0.25) is 18.3 Å². The summed E-state index contributed by atoms with van der Waals surface area (Å²) in [5, 5.41) is 7.35. The Bertz CT molecular complexity index is 1930. The average molecular weight is 671 g/mol. The molecule has 45 heavy (non-hydrogen) atoms. The van der Waals surface area contributed by atoms with Crippen LogP contribution in [0.25, 0.3) is 27.8 Å². The van der Waals surface area contributed by atoms with E-state index in [0.717, 1.165) is 5.69 Å². The third-order valence-electron chi connectivity index (χ3n) is 7.48. The van der Waals surface area contributed by atoms with Gasteiger partial charge in [0.05, 0.1) is 47.1 Å². The van der Waals surface area contributed by atoms with Gasteiger partial charge in [0, 0.05) is 59.9 Å². The van der Waals surface area contributed by atoms with Crippen molar-refractivity contribution in [3.8, 4) is 22.6 Å². The first-order valence-electron chi connectivity index (χ1n) is 13.7. The number of imidazole rings is 1. The Morgan fingerprint density at radius 1 is 1.02 bits per heavy atom. The van der Waals surface area contributed by atoms with Crippen molar-refractivity contribution in [2.24, 2.45) is 0 Å². The number of nitrogens with zero attached hydrogens (tertiary/aromatic N) is 5. The summed E-state index contributed by atoms with van der Waals surface area (Å²) >= 11 is 13.5. The molecule has 1 fully saturated rings. The number of methoxy groups -OCH3 is 2. The molecule has 12 nitrogen and oxygen atoms in total. The van der Waals surface area contributed by atoms with Crippen LogP contribution >= 0.6 is 33.8 Å². The zero-order chi connectivity index (χ0) is 31.9. The van der Waals surface area contributed by atoms with Crippen LogP contribution in [0.1, 0.15) is 0 Å². The van der Waals surface area contributed by atoms with Crippen molar-refractivity contribution >= 4 is 79.4 Å². The summed E-state index contributed by atoms with van der Waals surface area (Å²) in [6.45, 7) is 4.53. The molecule has 0 saturated carbocycles. The maximum absolute atomic E-state index is 12.3. The Labute approximate surface area is 270 Å². The summed E-state index contributed by atoms with van der Waals surface area (Å²) in [5.74, 6) is 1.27. The number of pyridine rings is 1. The van der Waals surface area contributed by atoms with Crippen molar-refractivity contribution in [2.75, 3.05) is 54.3 Å². The molecule has 234 valence electrons. The molecule has 15 heteroatoms. The number of hydrogen-bond donors (Lipinski definition) is 4. The topological polar surface area (TPSA) is 146 Å². The normalized spacial score (nSPS) is 15.1. The van der Waals surface area contributed by atoms with Gasteiger partial charge in [-0.15, -0.1) is 0 Å². The van der Waals surface area contributed by atoms with Gasteiger partial charge < -0.3 is 25.0 Å². The molecule has 1 aliphatic heterocycles. The molecular formula is C30H29Cl2N7O5S. The summed E-state index contributed by atoms with van der Waals surface area (Å²) in [5.41, 5.74) is 4.10. The van der Waals surface area contributed by atoms with Crippen LogP contribution in [0.15, 0.2) is 61.6 Å². The number of aromatic nitrogens is 4. The fraction of sp³-hybridized carbons (Fsp3) is 0.200. The van der Waals surface area contributed by atoms with Crippen molar-refractivity contribution in [1.82, 2.24) is 19.4 Å². The van der Waals surface area contributed by atoms with Crippen molar-refractivity contribution in [1.29, 1.82) is 0 Å². The number of ether oxygens (including phenoxy) is 2. The molecule has 2 aromatic carbocycles. The van der Waals surface area contributed by atoms with Crippen LogP contribution in [0.5, 0.6) is 11.5 Å². The molecule has 4 heterocycles. The molecule has 0 bridgehead atoms. The third kappa shape index (κ3) is 5.92. The van der Waals surface area contributed by atoms with Crippen molar-refractivity contribution in [2.45, 2.75) is 0 Å². The number of anilines is 4. The van der Waals surface area contributed by atoms with E-state index in [-0.39, 0.29) is 11.9 Å². The van der Waals surface area contributed by atoms with E-state index in [9.17, 15) is 13.9 Å². The minimum absolute atomic E-state index is 0.276. The van der Waals surface area contributed by atoms with E-state index in [1.165, 1.54) is 20.3 Å². The number of halogens is 2. The zero-order valence-corrected chi connectivity index (χ0v) is 26.6. The lowest BCUT2D eigenvalue weighted by atomic mass is 10.0. The van der Waals surface area contributed by atoms with Crippen LogP contribution in [-0.2, 0) is 4.79 Å². The average Bonchev–Trinajstić information content (AvgIpc) is 3.53. The molecule has 3 aromatic heterocycles. The summed E-state index contributed by atoms with van der Waals surface area (Å²) in [4.78, 5) is 28.2. The van der Waals surface area contributed by atoms with E-state index in [2.05, 4.69) is 27.2 Å². The number of carbonyl (C=O) groups excluding carboxylic acids is 1. The molecule has 0 radical (unpaired) electrons. The first-order valence-corrected chi connectivity index (χ1v) is 16.3. The van der Waals surface area contributed by atoms with Crippen molar-refractivity contribution < 1.29 is 23.4 Å². The smallest absolute Gasteiger partial charge is 0.247 e. The van der Waals surface area contributed by atoms with Crippen molar-refractivity contribution in [3.63, 3.8) is 0 Å². The highest BCUT2D eigenvalue weighted by Crippen LogP contribution is 2.47. The third-order valence-corrected chi connectivity index (χ3v) is 9.91. The Morgan fingerprint density at radius 2 is 1.73 bits per heavy atom. The minimum atomic E-state index is -2.55. The first kappa shape index (κ1) is 30.7. The maximum atomic E-state index is 12.3. The molecule has 5 aromatic rings. The number of carbonyl (C=O) groups is 1. The van der Waals surface area contributed by atoms with Crippen LogP contribution in [0.2, 0.25) is 10.0 Å². The Kier molecular flexibility index (Phi) is 8.37. The van der Waals surface area contributed by atoms with Gasteiger partial charge in [-0.05, 0) is 30.3 Å². The van der Waals surface area contributed by atoms with Crippen LogP contribution in [0.3, 0.4) is 0 Å². The van der Waals surface area contributed by atoms with Gasteiger partial charge in [-0.1, -0.05) is 29.8 Å². The van der Waals surface area contributed by atoms with Gasteiger partial charge in [-0.2, -0.15) is 15.6 Å². The maximum Gasteiger partial charge on any atom is 0.247 e. The van der Waals surface area contributed by atoms with Crippen LogP contribution in [0.4, 0.5) is 23.0 Å². The number of hydrogen-bond acceptors (Lipinski definition) is 10. The second-order valence-electron chi connectivity index (χ2n) is 10.2. The standard InChI is InChI=1S/C30H29Cl2N7O5S/c1-4-24(40)35-21-14-18(38-9-11-45(41,42)12-10-38)5-6-20(21)36-30-34-16-17-13-19(29-33-7-8-39(29)28(17)37-30)25-26(31)22(43-2)15-23(44-3)27(25)32/h4-8,13-16,41-42H,1,9-12H2,2-3H3,(H,35,40)(H,34,36,37). The summed E-state index contributed by atoms with van der Waals surface area (Å²) in [7, 11) is 0.477. The SMILES string of the molecule is C=CC(=O)Nc1cc(N2CCS(O)(O)CC2)ccc1Nc1ncc2cc(-c3c(Cl)c(OC)cc(OC)c3Cl)c3nccn3c2n1. The first-order chi connectivity index (χ1) is 21.6. The van der Waals surface area contributed by atoms with E-state index in [1.54, 1.807) is 29.1 Å². The quantitative estimate of drug-likeness (QED) is 0.132. The summed E-state index contributed by atoms with van der Waals surface area (Å²) in [6, 6.07) is 8.99. The second-order valence-corrected chi connectivity index (χ2v) is 13.4. The van der Waals surface area contributed by atoms with Crippen LogP contribution < -0.4 is 25.0 Å². The highest BCUT2D eigenvalue weighted by atomic mass is 35.5. The summed E-state index contributed by atoms with van der Waals surface area (Å²) < 4.78 is 32.8. The molecule has 0 atom stereocenters. The molecule has 1 aliphatic rings. The lowest BCUT2D eigenvalue weighted by Crippen LogP contribution is -2.38. The number of benzene rings is 2. The molecule has 6 rings (SSSR count). The summed E-state index contributed by atoms with van der Waals surface area (Å²) in [6.07, 6.45) is 6.27. The number of amides is 1. The fourth-order valence-electron chi connectivity index (χ4n) is 5.17. The fourth-order valence-corrected chi connectivity index (χ4v) is 7.10. The van der Waals surface area contributed by atoms with Gasteiger partial charge in [0.25, 0.3) is 0 Å². The van der Waals surface area contributed by atoms with Gasteiger partial charge in [0.1, 0.15) is 17.1 Å². The molecule has 1 amide bonds. The Balaban J connectivity index is 1.39. The van der Waals surface area contributed by atoms with Gasteiger partial charge in [-0.25, -0.2) is 9.97 Å². The lowest BCUT2D eigenvalue weighted by Gasteiger charge is -2.42. The van der Waals surface area contributed by atoms with E-state index in [0.29, 0.717) is 85.3 Å². The van der Waals surface area contributed by atoms with E-state index < -0.39 is 10.6 Å². The highest BCUT2D eigenvalue weighted by molar-refractivity contribution is 8.24. The number of nitrogens with one attached hydrogen (secondary N) is 2. The Hall–Kier alpha value is -4.27. The predicted octanol–water partition coefficient (Wildman–Crippen LogP) is 6.71. The predicted molar refractivity (Wildman–Crippen MR) is 180 cm³/mol. The largest absolute Gasteiger partial charge is 0.495 e. The number of fused-ring (bicyclic) bond motifs is 3. The monoisotopic (exact) mass is 669 g/mol. The zero-order valence-electron chi connectivity index (χ0n) is 24.3. The molecule has 1 saturated heterocycles. The molecule has 0 unspecified atom stereocenters. The Morgan fingerprint density at radius 3 is 2.40 bits per heavy atom. The van der Waals surface area contributed by atoms with Crippen molar-refractivity contribution in [3.05, 3.63) is 71.6 Å². The molecule has 0 spiro atoms. The molecular weight excluding hydrogens is 641 g/mol. The van der Waals surface area contributed by atoms with E-state index in [4.69, 9.17) is 37.7 Å². The van der Waals surface area contributed by atoms with Gasteiger partial charge >= 0.3 is 0 Å². The lowest BCUT2D eigenvalue weighted by molar-refractivity contribution is -0.111. The number of rotatable bonds is 8. The van der Waals surface area contributed by atoms with Crippen LogP contribution in [0, 0.1) is 0 Å². The van der Waals surface area contributed by atoms with E-state index >= 15 is 0 Å². The van der Waals surface area contributed by atoms with Crippen LogP contribution in [-0.4, -0.2) is 73.2 Å². The highest BCUT2D eigenvalue weighted by Gasteiger charge is 2.24. The molecule has 0 aliphatic carbocycles. The minimum Gasteiger partial charge on any atom is -0.495 e. The molecule has 4 N–H and O–H groups in total. The van der Waals surface area contributed by atoms with E-state index in [1.807, 2.05) is 29.2 Å². The van der Waals surface area contributed by atoms with Gasteiger partial charge in [0.15, 0.2) is 5.65 Å². The second kappa shape index (κ2) is 12.3.